The second-order valence-corrected chi connectivity index (χ2v) is 4.44. The highest BCUT2D eigenvalue weighted by Crippen LogP contribution is 2.23. The molecule has 0 aromatic heterocycles. The summed E-state index contributed by atoms with van der Waals surface area (Å²) in [5.41, 5.74) is 0.309. The fraction of sp³-hybridized carbons (Fsp3) is 0.200. The lowest BCUT2D eigenvalue weighted by atomic mass is 10.3. The van der Waals surface area contributed by atoms with E-state index in [1.165, 1.54) is 30.0 Å². The number of thioether (sulfide) groups is 1. The first-order valence-corrected chi connectivity index (χ1v) is 5.90. The minimum absolute atomic E-state index is 0.118. The number of amides is 2. The summed E-state index contributed by atoms with van der Waals surface area (Å²) in [6.45, 7) is 0.702. The van der Waals surface area contributed by atoms with Crippen molar-refractivity contribution in [3.8, 4) is 11.5 Å². The first-order valence-electron chi connectivity index (χ1n) is 4.92. The first kappa shape index (κ1) is 11.6. The van der Waals surface area contributed by atoms with Crippen molar-refractivity contribution in [2.24, 2.45) is 4.99 Å². The first-order chi connectivity index (χ1) is 8.13. The zero-order chi connectivity index (χ0) is 12.3. The number of carbonyl (C=O) groups is 1. The molecule has 0 radical (unpaired) electrons. The van der Waals surface area contributed by atoms with Crippen molar-refractivity contribution < 1.29 is 15.0 Å². The molecule has 0 saturated carbocycles. The molecular weight excluding hydrogens is 242 g/mol. The van der Waals surface area contributed by atoms with Crippen LogP contribution in [0.1, 0.15) is 0 Å². The third-order valence-electron chi connectivity index (χ3n) is 1.97. The van der Waals surface area contributed by atoms with E-state index in [9.17, 15) is 15.0 Å². The molecule has 1 heterocycles. The number of hydrogen-bond acceptors (Lipinski definition) is 5. The van der Waals surface area contributed by atoms with E-state index in [0.717, 1.165) is 5.75 Å². The van der Waals surface area contributed by atoms with Gasteiger partial charge in [-0.2, -0.15) is 0 Å². The molecule has 0 saturated heterocycles. The van der Waals surface area contributed by atoms with E-state index in [0.29, 0.717) is 17.4 Å². The van der Waals surface area contributed by atoms with Crippen molar-refractivity contribution in [3.63, 3.8) is 0 Å². The van der Waals surface area contributed by atoms with Crippen LogP contribution in [0, 0.1) is 0 Å². The molecule has 6 nitrogen and oxygen atoms in total. The van der Waals surface area contributed by atoms with Gasteiger partial charge in [0, 0.05) is 29.6 Å². The molecule has 1 aromatic carbocycles. The van der Waals surface area contributed by atoms with E-state index in [4.69, 9.17) is 0 Å². The van der Waals surface area contributed by atoms with Gasteiger partial charge in [0.2, 0.25) is 0 Å². The van der Waals surface area contributed by atoms with Crippen molar-refractivity contribution in [3.05, 3.63) is 18.2 Å². The summed E-state index contributed by atoms with van der Waals surface area (Å²) in [5.74, 6) is 0.628. The number of nitrogens with zero attached hydrogens (tertiary/aromatic N) is 1. The highest BCUT2D eigenvalue weighted by atomic mass is 32.2. The molecule has 0 atom stereocenters. The third-order valence-corrected chi connectivity index (χ3v) is 2.86. The van der Waals surface area contributed by atoms with Crippen LogP contribution in [0.4, 0.5) is 10.5 Å². The molecule has 0 unspecified atom stereocenters. The normalized spacial score (nSPS) is 14.2. The summed E-state index contributed by atoms with van der Waals surface area (Å²) in [5, 5.41) is 24.1. The van der Waals surface area contributed by atoms with Gasteiger partial charge in [-0.3, -0.25) is 10.3 Å². The highest BCUT2D eigenvalue weighted by Gasteiger charge is 2.11. The highest BCUT2D eigenvalue weighted by molar-refractivity contribution is 8.14. The fourth-order valence-corrected chi connectivity index (χ4v) is 2.06. The molecule has 2 rings (SSSR count). The third kappa shape index (κ3) is 3.28. The van der Waals surface area contributed by atoms with Crippen molar-refractivity contribution in [1.29, 1.82) is 0 Å². The van der Waals surface area contributed by atoms with Gasteiger partial charge in [0.25, 0.3) is 0 Å². The summed E-state index contributed by atoms with van der Waals surface area (Å²) >= 11 is 1.47. The van der Waals surface area contributed by atoms with E-state index >= 15 is 0 Å². The van der Waals surface area contributed by atoms with Gasteiger partial charge in [0.1, 0.15) is 11.5 Å². The van der Waals surface area contributed by atoms with Crippen LogP contribution in [-0.4, -0.2) is 33.7 Å². The molecule has 2 amide bonds. The number of rotatable bonds is 1. The van der Waals surface area contributed by atoms with Crippen LogP contribution < -0.4 is 10.6 Å². The number of aromatic hydroxyl groups is 2. The Hall–Kier alpha value is -1.89. The zero-order valence-electron chi connectivity index (χ0n) is 8.80. The number of aliphatic imine (C=N–C) groups is 1. The average molecular weight is 253 g/mol. The Bertz CT molecular complexity index is 456. The second-order valence-electron chi connectivity index (χ2n) is 3.35. The van der Waals surface area contributed by atoms with Crippen LogP contribution in [-0.2, 0) is 0 Å². The van der Waals surface area contributed by atoms with E-state index in [1.54, 1.807) is 0 Å². The molecular formula is C10H11N3O3S. The van der Waals surface area contributed by atoms with Gasteiger partial charge in [-0.1, -0.05) is 11.8 Å². The minimum Gasteiger partial charge on any atom is -0.508 e. The summed E-state index contributed by atoms with van der Waals surface area (Å²) in [6, 6.07) is 3.40. The van der Waals surface area contributed by atoms with E-state index < -0.39 is 6.03 Å². The average Bonchev–Trinajstić information content (AvgIpc) is 2.67. The maximum absolute atomic E-state index is 11.5. The Labute approximate surface area is 102 Å². The summed E-state index contributed by atoms with van der Waals surface area (Å²) in [4.78, 5) is 15.6. The number of amidine groups is 1. The number of anilines is 1. The monoisotopic (exact) mass is 253 g/mol. The Balaban J connectivity index is 1.97. The van der Waals surface area contributed by atoms with Crippen LogP contribution in [0.5, 0.6) is 11.5 Å². The molecule has 0 spiro atoms. The van der Waals surface area contributed by atoms with Gasteiger partial charge in [0.15, 0.2) is 5.17 Å². The second kappa shape index (κ2) is 4.96. The van der Waals surface area contributed by atoms with Gasteiger partial charge in [-0.15, -0.1) is 0 Å². The zero-order valence-corrected chi connectivity index (χ0v) is 9.62. The lowest BCUT2D eigenvalue weighted by Gasteiger charge is -2.07. The van der Waals surface area contributed by atoms with Gasteiger partial charge in [0.05, 0.1) is 6.54 Å². The van der Waals surface area contributed by atoms with Crippen LogP contribution in [0.3, 0.4) is 0 Å². The van der Waals surface area contributed by atoms with E-state index in [-0.39, 0.29) is 11.5 Å². The van der Waals surface area contributed by atoms with Crippen molar-refractivity contribution >= 4 is 28.6 Å². The predicted octanol–water partition coefficient (Wildman–Crippen LogP) is 1.32. The molecule has 1 aliphatic heterocycles. The van der Waals surface area contributed by atoms with Crippen LogP contribution in [0.2, 0.25) is 0 Å². The Morgan fingerprint density at radius 1 is 1.24 bits per heavy atom. The summed E-state index contributed by atoms with van der Waals surface area (Å²) in [7, 11) is 0. The van der Waals surface area contributed by atoms with E-state index in [1.807, 2.05) is 0 Å². The van der Waals surface area contributed by atoms with Crippen LogP contribution in [0.15, 0.2) is 23.2 Å². The number of hydrogen-bond donors (Lipinski definition) is 4. The van der Waals surface area contributed by atoms with Gasteiger partial charge in [-0.25, -0.2) is 4.79 Å². The Morgan fingerprint density at radius 3 is 2.53 bits per heavy atom. The summed E-state index contributed by atoms with van der Waals surface area (Å²) < 4.78 is 0. The number of benzene rings is 1. The topological polar surface area (TPSA) is 94.0 Å². The minimum atomic E-state index is -0.455. The van der Waals surface area contributed by atoms with Crippen molar-refractivity contribution in [1.82, 2.24) is 5.32 Å². The Morgan fingerprint density at radius 2 is 1.94 bits per heavy atom. The molecule has 4 N–H and O–H groups in total. The number of phenolic OH excluding ortho intramolecular Hbond substituents is 2. The fourth-order valence-electron chi connectivity index (χ4n) is 1.34. The van der Waals surface area contributed by atoms with Crippen molar-refractivity contribution in [2.75, 3.05) is 17.6 Å². The number of phenols is 2. The molecule has 0 fully saturated rings. The SMILES string of the molecule is O=C(NC1=NCCS1)Nc1cc(O)cc(O)c1. The van der Waals surface area contributed by atoms with Crippen LogP contribution in [0.25, 0.3) is 0 Å². The summed E-state index contributed by atoms with van der Waals surface area (Å²) in [6.07, 6.45) is 0. The molecule has 0 aliphatic carbocycles. The molecule has 7 heteroatoms. The quantitative estimate of drug-likeness (QED) is 0.607. The van der Waals surface area contributed by atoms with Gasteiger partial charge < -0.3 is 15.5 Å². The number of urea groups is 1. The predicted molar refractivity (Wildman–Crippen MR) is 66.7 cm³/mol. The molecule has 1 aromatic rings. The standard InChI is InChI=1S/C10H11N3O3S/c14-7-3-6(4-8(15)5-7)12-9(16)13-10-11-1-2-17-10/h3-5,14-15H,1-2H2,(H2,11,12,13,16). The number of carbonyl (C=O) groups excluding carboxylic acids is 1. The molecule has 90 valence electrons. The van der Waals surface area contributed by atoms with Crippen LogP contribution >= 0.6 is 11.8 Å². The van der Waals surface area contributed by atoms with Gasteiger partial charge in [-0.05, 0) is 0 Å². The Kier molecular flexibility index (Phi) is 3.38. The molecule has 0 bridgehead atoms. The van der Waals surface area contributed by atoms with E-state index in [2.05, 4.69) is 15.6 Å². The number of nitrogens with one attached hydrogen (secondary N) is 2. The molecule has 1 aliphatic rings. The smallest absolute Gasteiger partial charge is 0.325 e. The van der Waals surface area contributed by atoms with Crippen molar-refractivity contribution in [2.45, 2.75) is 0 Å². The lowest BCUT2D eigenvalue weighted by molar-refractivity contribution is 0.256. The molecule has 17 heavy (non-hydrogen) atoms. The van der Waals surface area contributed by atoms with Gasteiger partial charge >= 0.3 is 6.03 Å². The lowest BCUT2D eigenvalue weighted by Crippen LogP contribution is -2.31. The maximum Gasteiger partial charge on any atom is 0.325 e. The largest absolute Gasteiger partial charge is 0.508 e. The maximum atomic E-state index is 11.5.